The molecule has 0 amide bonds. The molecule has 0 fully saturated rings. The largest absolute Gasteiger partial charge is 0.497 e. The standard InChI is InChI=1S/C15H16O4S/c1-3-19-13-6-10-15(11-7-13)20(16,17)14-8-4-12(18-2)5-9-14/h4-11H,3H2,1-2H3/i2T. The first-order valence-corrected chi connectivity index (χ1v) is 7.56. The maximum absolute atomic E-state index is 12.5. The van der Waals surface area contributed by atoms with E-state index in [2.05, 4.69) is 0 Å². The zero-order chi connectivity index (χ0) is 15.3. The van der Waals surface area contributed by atoms with Crippen molar-refractivity contribution in [2.45, 2.75) is 16.7 Å². The van der Waals surface area contributed by atoms with Gasteiger partial charge >= 0.3 is 0 Å². The Morgan fingerprint density at radius 3 is 1.90 bits per heavy atom. The highest BCUT2D eigenvalue weighted by Gasteiger charge is 2.17. The van der Waals surface area contributed by atoms with Crippen LogP contribution in [0.4, 0.5) is 0 Å². The van der Waals surface area contributed by atoms with Gasteiger partial charge in [-0.25, -0.2) is 8.42 Å². The molecular weight excluding hydrogens is 276 g/mol. The van der Waals surface area contributed by atoms with E-state index in [0.717, 1.165) is 0 Å². The van der Waals surface area contributed by atoms with Crippen LogP contribution in [0.15, 0.2) is 58.3 Å². The SMILES string of the molecule is [3H]COc1ccc(S(=O)(=O)c2ccc(OCC)cc2)cc1. The molecule has 0 unspecified atom stereocenters. The summed E-state index contributed by atoms with van der Waals surface area (Å²) in [6.07, 6.45) is 0. The van der Waals surface area contributed by atoms with Crippen LogP contribution in [0.3, 0.4) is 0 Å². The minimum absolute atomic E-state index is 0.184. The van der Waals surface area contributed by atoms with E-state index in [9.17, 15) is 8.42 Å². The van der Waals surface area contributed by atoms with E-state index in [-0.39, 0.29) is 16.9 Å². The summed E-state index contributed by atoms with van der Waals surface area (Å²) in [5, 5.41) is 0. The van der Waals surface area contributed by atoms with Crippen LogP contribution in [-0.2, 0) is 9.84 Å². The average molecular weight is 294 g/mol. The molecule has 0 bridgehead atoms. The molecule has 0 aliphatic rings. The van der Waals surface area contributed by atoms with Crippen molar-refractivity contribution in [3.05, 3.63) is 48.5 Å². The van der Waals surface area contributed by atoms with Gasteiger partial charge in [0, 0.05) is 0 Å². The number of rotatable bonds is 5. The van der Waals surface area contributed by atoms with Crippen LogP contribution in [0.25, 0.3) is 0 Å². The smallest absolute Gasteiger partial charge is 0.206 e. The number of benzene rings is 2. The molecule has 2 rings (SSSR count). The van der Waals surface area contributed by atoms with E-state index < -0.39 is 9.84 Å². The van der Waals surface area contributed by atoms with E-state index in [4.69, 9.17) is 10.8 Å². The Labute approximate surface area is 120 Å². The van der Waals surface area contributed by atoms with Crippen molar-refractivity contribution < 1.29 is 19.3 Å². The molecule has 5 heteroatoms. The molecule has 20 heavy (non-hydrogen) atoms. The molecule has 0 aliphatic heterocycles. The normalized spacial score (nSPS) is 11.8. The maximum atomic E-state index is 12.5. The fraction of sp³-hybridized carbons (Fsp3) is 0.200. The first kappa shape index (κ1) is 13.0. The van der Waals surface area contributed by atoms with Gasteiger partial charge in [-0.1, -0.05) is 0 Å². The van der Waals surface area contributed by atoms with Gasteiger partial charge in [-0.05, 0) is 55.5 Å². The van der Waals surface area contributed by atoms with Crippen molar-refractivity contribution in [2.24, 2.45) is 0 Å². The van der Waals surface area contributed by atoms with Crippen LogP contribution in [0.5, 0.6) is 11.5 Å². The van der Waals surface area contributed by atoms with E-state index in [1.54, 1.807) is 12.1 Å². The zero-order valence-corrected chi connectivity index (χ0v) is 11.9. The highest BCUT2D eigenvalue weighted by Crippen LogP contribution is 2.24. The Hall–Kier alpha value is -2.01. The minimum atomic E-state index is -3.56. The molecule has 2 aromatic rings. The number of hydrogen-bond donors (Lipinski definition) is 0. The summed E-state index contributed by atoms with van der Waals surface area (Å²) in [6.45, 7) is 2.40. The summed E-state index contributed by atoms with van der Waals surface area (Å²) in [5.41, 5.74) is 0. The Kier molecular flexibility index (Phi) is 3.87. The van der Waals surface area contributed by atoms with Crippen molar-refractivity contribution in [1.82, 2.24) is 0 Å². The molecule has 0 aromatic heterocycles. The molecule has 0 radical (unpaired) electrons. The van der Waals surface area contributed by atoms with Crippen LogP contribution >= 0.6 is 0 Å². The Morgan fingerprint density at radius 2 is 1.45 bits per heavy atom. The average Bonchev–Trinajstić information content (AvgIpc) is 2.49. The summed E-state index contributed by atoms with van der Waals surface area (Å²) >= 11 is 0. The van der Waals surface area contributed by atoms with Gasteiger partial charge in [-0.3, -0.25) is 0 Å². The molecule has 0 aliphatic carbocycles. The molecule has 0 saturated heterocycles. The van der Waals surface area contributed by atoms with Gasteiger partial charge in [0.2, 0.25) is 9.84 Å². The number of hydrogen-bond acceptors (Lipinski definition) is 4. The van der Waals surface area contributed by atoms with Crippen molar-refractivity contribution in [1.29, 1.82) is 0 Å². The molecule has 2 aromatic carbocycles. The quantitative estimate of drug-likeness (QED) is 0.851. The van der Waals surface area contributed by atoms with Crippen molar-refractivity contribution in [3.8, 4) is 11.5 Å². The first-order valence-electron chi connectivity index (χ1n) is 6.78. The fourth-order valence-corrected chi connectivity index (χ4v) is 2.99. The third kappa shape index (κ3) is 2.93. The molecule has 0 N–H and O–H groups in total. The van der Waals surface area contributed by atoms with Crippen molar-refractivity contribution in [3.63, 3.8) is 0 Å². The van der Waals surface area contributed by atoms with E-state index in [1.807, 2.05) is 6.92 Å². The van der Waals surface area contributed by atoms with Gasteiger partial charge in [0.15, 0.2) is 0 Å². The van der Waals surface area contributed by atoms with Crippen molar-refractivity contribution >= 4 is 9.84 Å². The Morgan fingerprint density at radius 1 is 0.950 bits per heavy atom. The van der Waals surface area contributed by atoms with E-state index >= 15 is 0 Å². The number of ether oxygens (including phenoxy) is 2. The lowest BCUT2D eigenvalue weighted by atomic mass is 10.3. The van der Waals surface area contributed by atoms with Crippen LogP contribution < -0.4 is 9.47 Å². The summed E-state index contributed by atoms with van der Waals surface area (Å²) in [7, 11) is -3.76. The molecule has 0 atom stereocenters. The molecule has 0 saturated carbocycles. The van der Waals surface area contributed by atoms with E-state index in [1.165, 1.54) is 36.4 Å². The van der Waals surface area contributed by atoms with E-state index in [0.29, 0.717) is 18.1 Å². The van der Waals surface area contributed by atoms with Crippen LogP contribution in [0.2, 0.25) is 0 Å². The highest BCUT2D eigenvalue weighted by molar-refractivity contribution is 7.91. The Balaban J connectivity index is 2.28. The second kappa shape index (κ2) is 5.96. The summed E-state index contributed by atoms with van der Waals surface area (Å²) in [6, 6.07) is 12.3. The first-order chi connectivity index (χ1) is 10.1. The second-order valence-electron chi connectivity index (χ2n) is 4.02. The topological polar surface area (TPSA) is 52.6 Å². The summed E-state index contributed by atoms with van der Waals surface area (Å²) in [4.78, 5) is 0.393. The molecule has 4 nitrogen and oxygen atoms in total. The molecule has 0 heterocycles. The fourth-order valence-electron chi connectivity index (χ4n) is 1.73. The Bertz CT molecular complexity index is 623. The lowest BCUT2D eigenvalue weighted by Gasteiger charge is -2.07. The number of sulfone groups is 1. The third-order valence-electron chi connectivity index (χ3n) is 2.75. The van der Waals surface area contributed by atoms with Gasteiger partial charge in [-0.2, -0.15) is 0 Å². The van der Waals surface area contributed by atoms with Gasteiger partial charge in [0.1, 0.15) is 11.5 Å². The monoisotopic (exact) mass is 294 g/mol. The second-order valence-corrected chi connectivity index (χ2v) is 5.97. The van der Waals surface area contributed by atoms with Crippen LogP contribution in [0.1, 0.15) is 8.29 Å². The maximum Gasteiger partial charge on any atom is 0.206 e. The lowest BCUT2D eigenvalue weighted by molar-refractivity contribution is 0.340. The summed E-state index contributed by atoms with van der Waals surface area (Å²) < 4.78 is 42.1. The van der Waals surface area contributed by atoms with Gasteiger partial charge in [0.05, 0.1) is 24.9 Å². The third-order valence-corrected chi connectivity index (χ3v) is 4.53. The zero-order valence-electron chi connectivity index (χ0n) is 12.1. The van der Waals surface area contributed by atoms with Crippen molar-refractivity contribution in [2.75, 3.05) is 13.7 Å². The number of methoxy groups -OCH3 is 1. The van der Waals surface area contributed by atoms with Gasteiger partial charge in [-0.15, -0.1) is 0 Å². The van der Waals surface area contributed by atoms with Crippen LogP contribution in [-0.4, -0.2) is 22.1 Å². The minimum Gasteiger partial charge on any atom is -0.497 e. The predicted molar refractivity (Wildman–Crippen MR) is 76.1 cm³/mol. The highest BCUT2D eigenvalue weighted by atomic mass is 32.2. The van der Waals surface area contributed by atoms with Gasteiger partial charge in [0.25, 0.3) is 0 Å². The van der Waals surface area contributed by atoms with Gasteiger partial charge < -0.3 is 9.47 Å². The predicted octanol–water partition coefficient (Wildman–Crippen LogP) is 2.93. The molecular formula is C15H16O4S. The molecule has 0 spiro atoms. The lowest BCUT2D eigenvalue weighted by Crippen LogP contribution is -2.02. The van der Waals surface area contributed by atoms with Crippen LogP contribution in [0, 0.1) is 0 Å². The summed E-state index contributed by atoms with van der Waals surface area (Å²) in [5.74, 6) is 1.10. The molecule has 106 valence electrons.